The van der Waals surface area contributed by atoms with Gasteiger partial charge in [-0.1, -0.05) is 107 Å². The number of thioether (sulfide) groups is 1. The van der Waals surface area contributed by atoms with E-state index in [4.69, 9.17) is 23.2 Å². The van der Waals surface area contributed by atoms with Crippen molar-refractivity contribution in [3.63, 3.8) is 0 Å². The largest absolute Gasteiger partial charge is 0.356 e. The first-order valence-electron chi connectivity index (χ1n) is 9.67. The van der Waals surface area contributed by atoms with Gasteiger partial charge in [-0.2, -0.15) is 0 Å². The average molecular weight is 501 g/mol. The third-order valence-electron chi connectivity index (χ3n) is 4.38. The molecule has 0 aliphatic carbocycles. The molecule has 0 aliphatic heterocycles. The maximum atomic E-state index is 13.2. The zero-order valence-corrected chi connectivity index (χ0v) is 19.8. The first kappa shape index (κ1) is 22.6. The Hall–Kier alpha value is -2.58. The summed E-state index contributed by atoms with van der Waals surface area (Å²) in [5.74, 6) is -0.200. The monoisotopic (exact) mass is 500 g/mol. The molecule has 1 atom stereocenters. The molecule has 0 saturated heterocycles. The number of anilines is 2. The highest BCUT2D eigenvalue weighted by molar-refractivity contribution is 8.02. The maximum absolute atomic E-state index is 13.2. The number of aromatic nitrogens is 2. The predicted octanol–water partition coefficient (Wildman–Crippen LogP) is 6.93. The number of nitrogens with one attached hydrogen (secondary N) is 2. The van der Waals surface area contributed by atoms with Crippen LogP contribution in [0.1, 0.15) is 16.4 Å². The summed E-state index contributed by atoms with van der Waals surface area (Å²) in [4.78, 5) is 13.2. The fourth-order valence-corrected chi connectivity index (χ4v) is 5.40. The van der Waals surface area contributed by atoms with Crippen LogP contribution in [-0.2, 0) is 11.3 Å². The Morgan fingerprint density at radius 3 is 2.28 bits per heavy atom. The van der Waals surface area contributed by atoms with Gasteiger partial charge in [0.2, 0.25) is 11.0 Å². The topological polar surface area (TPSA) is 66.9 Å². The minimum Gasteiger partial charge on any atom is -0.356 e. The third-order valence-corrected chi connectivity index (χ3v) is 7.04. The lowest BCUT2D eigenvalue weighted by Crippen LogP contribution is -2.19. The molecule has 5 nitrogen and oxygen atoms in total. The van der Waals surface area contributed by atoms with Crippen LogP contribution in [-0.4, -0.2) is 16.1 Å². The van der Waals surface area contributed by atoms with Crippen molar-refractivity contribution in [1.82, 2.24) is 10.2 Å². The van der Waals surface area contributed by atoms with Gasteiger partial charge in [0.15, 0.2) is 4.34 Å². The van der Waals surface area contributed by atoms with Crippen LogP contribution in [0.4, 0.5) is 10.8 Å². The average Bonchev–Trinajstić information content (AvgIpc) is 3.24. The second-order valence-corrected chi connectivity index (χ2v) is 9.97. The molecular formula is C23H18Cl2N4OS2. The lowest BCUT2D eigenvalue weighted by atomic mass is 10.1. The molecule has 0 aliphatic rings. The highest BCUT2D eigenvalue weighted by atomic mass is 35.5. The molecule has 162 valence electrons. The van der Waals surface area contributed by atoms with Gasteiger partial charge in [0, 0.05) is 22.3 Å². The fraction of sp³-hybridized carbons (Fsp3) is 0.0870. The Kier molecular flexibility index (Phi) is 7.65. The number of hydrogen-bond donors (Lipinski definition) is 2. The SMILES string of the molecule is O=C(Nc1cc(Cl)cc(Cl)c1)[C@H](Sc1nnc(NCc2ccccc2)s1)c1ccccc1. The molecule has 0 radical (unpaired) electrons. The van der Waals surface area contributed by atoms with Crippen LogP contribution < -0.4 is 10.6 Å². The van der Waals surface area contributed by atoms with Crippen LogP contribution >= 0.6 is 46.3 Å². The summed E-state index contributed by atoms with van der Waals surface area (Å²) in [6.07, 6.45) is 0. The summed E-state index contributed by atoms with van der Waals surface area (Å²) < 4.78 is 0.689. The van der Waals surface area contributed by atoms with Gasteiger partial charge in [0.05, 0.1) is 0 Å². The molecule has 1 heterocycles. The number of nitrogens with zero attached hydrogens (tertiary/aromatic N) is 2. The van der Waals surface area contributed by atoms with Gasteiger partial charge >= 0.3 is 0 Å². The first-order chi connectivity index (χ1) is 15.6. The molecule has 0 bridgehead atoms. The molecule has 2 N–H and O–H groups in total. The van der Waals surface area contributed by atoms with Crippen LogP contribution in [0.2, 0.25) is 10.0 Å². The lowest BCUT2D eigenvalue weighted by Gasteiger charge is -2.16. The number of benzene rings is 3. The van der Waals surface area contributed by atoms with Gasteiger partial charge < -0.3 is 10.6 Å². The van der Waals surface area contributed by atoms with E-state index in [1.807, 2.05) is 60.7 Å². The number of hydrogen-bond acceptors (Lipinski definition) is 6. The van der Waals surface area contributed by atoms with E-state index in [2.05, 4.69) is 20.8 Å². The van der Waals surface area contributed by atoms with Crippen molar-refractivity contribution in [2.24, 2.45) is 0 Å². The highest BCUT2D eigenvalue weighted by Gasteiger charge is 2.24. The Balaban J connectivity index is 1.49. The molecule has 1 aromatic heterocycles. The van der Waals surface area contributed by atoms with Crippen molar-refractivity contribution in [3.8, 4) is 0 Å². The van der Waals surface area contributed by atoms with Crippen molar-refractivity contribution in [1.29, 1.82) is 0 Å². The van der Waals surface area contributed by atoms with Gasteiger partial charge in [0.1, 0.15) is 5.25 Å². The molecule has 1 amide bonds. The number of carbonyl (C=O) groups excluding carboxylic acids is 1. The number of rotatable bonds is 8. The quantitative estimate of drug-likeness (QED) is 0.256. The van der Waals surface area contributed by atoms with Crippen LogP contribution in [0.15, 0.2) is 83.2 Å². The van der Waals surface area contributed by atoms with Crippen molar-refractivity contribution >= 4 is 63.0 Å². The van der Waals surface area contributed by atoms with E-state index in [9.17, 15) is 4.79 Å². The van der Waals surface area contributed by atoms with Crippen LogP contribution in [0, 0.1) is 0 Å². The molecule has 0 unspecified atom stereocenters. The van der Waals surface area contributed by atoms with E-state index in [1.54, 1.807) is 18.2 Å². The molecule has 3 aromatic carbocycles. The molecule has 0 saturated carbocycles. The molecule has 0 fully saturated rings. The molecular weight excluding hydrogens is 483 g/mol. The second-order valence-electron chi connectivity index (χ2n) is 6.77. The van der Waals surface area contributed by atoms with E-state index in [0.717, 1.165) is 11.1 Å². The fourth-order valence-electron chi connectivity index (χ4n) is 2.94. The van der Waals surface area contributed by atoms with E-state index in [1.165, 1.54) is 23.1 Å². The second kappa shape index (κ2) is 10.8. The summed E-state index contributed by atoms with van der Waals surface area (Å²) in [5.41, 5.74) is 2.55. The molecule has 4 rings (SSSR count). The summed E-state index contributed by atoms with van der Waals surface area (Å²) in [7, 11) is 0. The van der Waals surface area contributed by atoms with Crippen LogP contribution in [0.5, 0.6) is 0 Å². The lowest BCUT2D eigenvalue weighted by molar-refractivity contribution is -0.115. The summed E-state index contributed by atoms with van der Waals surface area (Å²) >= 11 is 14.9. The number of halogens is 2. The van der Waals surface area contributed by atoms with Crippen molar-refractivity contribution in [3.05, 3.63) is 100 Å². The standard InChI is InChI=1S/C23H18Cl2N4OS2/c24-17-11-18(25)13-19(12-17)27-21(30)20(16-9-5-2-6-10-16)31-23-29-28-22(32-23)26-14-15-7-3-1-4-8-15/h1-13,20H,14H2,(H,26,28)(H,27,30)/t20-/m1/s1. The zero-order valence-electron chi connectivity index (χ0n) is 16.7. The smallest absolute Gasteiger partial charge is 0.242 e. The summed E-state index contributed by atoms with van der Waals surface area (Å²) in [5, 5.41) is 15.7. The Morgan fingerprint density at radius 2 is 1.59 bits per heavy atom. The van der Waals surface area contributed by atoms with Gasteiger partial charge in [0.25, 0.3) is 0 Å². The van der Waals surface area contributed by atoms with E-state index < -0.39 is 5.25 Å². The first-order valence-corrected chi connectivity index (χ1v) is 12.1. The van der Waals surface area contributed by atoms with Crippen molar-refractivity contribution in [2.45, 2.75) is 16.1 Å². The van der Waals surface area contributed by atoms with Crippen LogP contribution in [0.3, 0.4) is 0 Å². The molecule has 9 heteroatoms. The molecule has 32 heavy (non-hydrogen) atoms. The maximum Gasteiger partial charge on any atom is 0.242 e. The Labute approximate surface area is 204 Å². The predicted molar refractivity (Wildman–Crippen MR) is 134 cm³/mol. The Morgan fingerprint density at radius 1 is 0.938 bits per heavy atom. The summed E-state index contributed by atoms with van der Waals surface area (Å²) in [6, 6.07) is 24.5. The normalized spacial score (nSPS) is 11.7. The van der Waals surface area contributed by atoms with Gasteiger partial charge in [-0.25, -0.2) is 0 Å². The minimum atomic E-state index is -0.524. The zero-order chi connectivity index (χ0) is 22.3. The number of amides is 1. The van der Waals surface area contributed by atoms with Gasteiger partial charge in [-0.3, -0.25) is 4.79 Å². The molecule has 0 spiro atoms. The summed E-state index contributed by atoms with van der Waals surface area (Å²) in [6.45, 7) is 0.651. The van der Waals surface area contributed by atoms with E-state index in [-0.39, 0.29) is 5.91 Å². The van der Waals surface area contributed by atoms with E-state index in [0.29, 0.717) is 31.7 Å². The Bertz CT molecular complexity index is 1170. The van der Waals surface area contributed by atoms with Gasteiger partial charge in [-0.05, 0) is 29.3 Å². The number of carbonyl (C=O) groups is 1. The minimum absolute atomic E-state index is 0.200. The van der Waals surface area contributed by atoms with Crippen molar-refractivity contribution in [2.75, 3.05) is 10.6 Å². The third kappa shape index (κ3) is 6.23. The van der Waals surface area contributed by atoms with E-state index >= 15 is 0 Å². The molecule has 4 aromatic rings. The van der Waals surface area contributed by atoms with Gasteiger partial charge in [-0.15, -0.1) is 10.2 Å². The highest BCUT2D eigenvalue weighted by Crippen LogP contribution is 2.39. The van der Waals surface area contributed by atoms with Crippen molar-refractivity contribution < 1.29 is 4.79 Å². The van der Waals surface area contributed by atoms with Crippen LogP contribution in [0.25, 0.3) is 0 Å².